The van der Waals surface area contributed by atoms with Gasteiger partial charge in [-0.15, -0.1) is 0 Å². The van der Waals surface area contributed by atoms with Gasteiger partial charge in [-0.05, 0) is 19.4 Å². The average Bonchev–Trinajstić information content (AvgIpc) is 3.06. The number of carbonyl (C=O) groups excluding carboxylic acids is 1. The van der Waals surface area contributed by atoms with Crippen LogP contribution in [0.3, 0.4) is 0 Å². The number of hydrogen-bond acceptors (Lipinski definition) is 7. The van der Waals surface area contributed by atoms with Crippen LogP contribution in [0.15, 0.2) is 24.5 Å². The van der Waals surface area contributed by atoms with E-state index >= 15 is 0 Å². The van der Waals surface area contributed by atoms with E-state index in [1.54, 1.807) is 18.5 Å². The van der Waals surface area contributed by atoms with Gasteiger partial charge in [0, 0.05) is 44.6 Å². The van der Waals surface area contributed by atoms with E-state index in [9.17, 15) is 4.79 Å². The van der Waals surface area contributed by atoms with Crippen molar-refractivity contribution in [2.75, 3.05) is 32.1 Å². The van der Waals surface area contributed by atoms with Crippen LogP contribution in [0.5, 0.6) is 0 Å². The molecule has 0 bridgehead atoms. The van der Waals surface area contributed by atoms with Gasteiger partial charge in [0.1, 0.15) is 18.2 Å². The summed E-state index contributed by atoms with van der Waals surface area (Å²) in [6.07, 6.45) is 4.22. The summed E-state index contributed by atoms with van der Waals surface area (Å²) in [7, 11) is 1.53. The molecule has 0 unspecified atom stereocenters. The number of aromatic nitrogens is 4. The maximum Gasteiger partial charge on any atom is 0.248 e. The molecule has 0 spiro atoms. The van der Waals surface area contributed by atoms with Crippen molar-refractivity contribution in [2.24, 2.45) is 0 Å². The Morgan fingerprint density at radius 1 is 1.38 bits per heavy atom. The molecule has 8 heteroatoms. The van der Waals surface area contributed by atoms with Gasteiger partial charge in [0.05, 0.1) is 5.69 Å². The fraction of sp³-hybridized carbons (Fsp3) is 0.438. The van der Waals surface area contributed by atoms with E-state index in [0.29, 0.717) is 24.1 Å². The SMILES string of the molecule is COCC(=O)N1CC[C@H](c2cc(Nc3ncccn3)nc(C)n2)C1. The standard InChI is InChI=1S/C16H20N6O2/c1-11-19-13(12-4-7-22(9-12)15(23)10-24-2)8-14(20-11)21-16-17-5-3-6-18-16/h3,5-6,8,12H,4,7,9-10H2,1-2H3,(H,17,18,19,20,21)/t12-/m0/s1. The maximum atomic E-state index is 11.9. The Morgan fingerprint density at radius 2 is 2.17 bits per heavy atom. The van der Waals surface area contributed by atoms with Crippen LogP contribution >= 0.6 is 0 Å². The van der Waals surface area contributed by atoms with Crippen molar-refractivity contribution < 1.29 is 9.53 Å². The largest absolute Gasteiger partial charge is 0.375 e. The Morgan fingerprint density at radius 3 is 2.92 bits per heavy atom. The van der Waals surface area contributed by atoms with Gasteiger partial charge < -0.3 is 15.0 Å². The quantitative estimate of drug-likeness (QED) is 0.883. The second-order valence-electron chi connectivity index (χ2n) is 5.68. The highest BCUT2D eigenvalue weighted by atomic mass is 16.5. The Bertz CT molecular complexity index is 709. The van der Waals surface area contributed by atoms with Crippen molar-refractivity contribution in [3.63, 3.8) is 0 Å². The van der Waals surface area contributed by atoms with Crippen LogP contribution in [0.2, 0.25) is 0 Å². The number of carbonyl (C=O) groups is 1. The summed E-state index contributed by atoms with van der Waals surface area (Å²) in [6, 6.07) is 3.66. The topological polar surface area (TPSA) is 93.1 Å². The highest BCUT2D eigenvalue weighted by Gasteiger charge is 2.28. The summed E-state index contributed by atoms with van der Waals surface area (Å²) in [4.78, 5) is 30.9. The van der Waals surface area contributed by atoms with E-state index in [2.05, 4.69) is 25.3 Å². The van der Waals surface area contributed by atoms with Crippen LogP contribution < -0.4 is 5.32 Å². The van der Waals surface area contributed by atoms with Crippen molar-refractivity contribution >= 4 is 17.7 Å². The zero-order valence-electron chi connectivity index (χ0n) is 13.8. The summed E-state index contributed by atoms with van der Waals surface area (Å²) in [6.45, 7) is 3.34. The Labute approximate surface area is 140 Å². The van der Waals surface area contributed by atoms with Crippen LogP contribution in [-0.2, 0) is 9.53 Å². The lowest BCUT2D eigenvalue weighted by Crippen LogP contribution is -2.31. The summed E-state index contributed by atoms with van der Waals surface area (Å²) >= 11 is 0. The number of anilines is 2. The van der Waals surface area contributed by atoms with Crippen LogP contribution in [0.1, 0.15) is 23.9 Å². The molecule has 2 aromatic heterocycles. The molecule has 0 radical (unpaired) electrons. The van der Waals surface area contributed by atoms with Crippen molar-refractivity contribution in [2.45, 2.75) is 19.3 Å². The third kappa shape index (κ3) is 3.83. The fourth-order valence-electron chi connectivity index (χ4n) is 2.79. The number of rotatable bonds is 5. The van der Waals surface area contributed by atoms with Crippen LogP contribution in [0.4, 0.5) is 11.8 Å². The second kappa shape index (κ2) is 7.31. The molecule has 1 aliphatic rings. The summed E-state index contributed by atoms with van der Waals surface area (Å²) < 4.78 is 4.92. The van der Waals surface area contributed by atoms with Crippen molar-refractivity contribution in [3.05, 3.63) is 36.0 Å². The Balaban J connectivity index is 1.73. The minimum atomic E-state index is 0.0156. The van der Waals surface area contributed by atoms with E-state index in [1.807, 2.05) is 17.9 Å². The van der Waals surface area contributed by atoms with Crippen molar-refractivity contribution in [1.29, 1.82) is 0 Å². The second-order valence-corrected chi connectivity index (χ2v) is 5.68. The van der Waals surface area contributed by atoms with Gasteiger partial charge in [-0.3, -0.25) is 4.79 Å². The fourth-order valence-corrected chi connectivity index (χ4v) is 2.79. The number of aryl methyl sites for hydroxylation is 1. The molecular weight excluding hydrogens is 308 g/mol. The predicted octanol–water partition coefficient (Wildman–Crippen LogP) is 1.28. The molecule has 3 rings (SSSR count). The van der Waals surface area contributed by atoms with Crippen LogP contribution in [0.25, 0.3) is 0 Å². The van der Waals surface area contributed by atoms with E-state index in [-0.39, 0.29) is 18.4 Å². The maximum absolute atomic E-state index is 11.9. The highest BCUT2D eigenvalue weighted by molar-refractivity contribution is 5.77. The van der Waals surface area contributed by atoms with Gasteiger partial charge in [-0.25, -0.2) is 19.9 Å². The molecule has 1 fully saturated rings. The first-order chi connectivity index (χ1) is 11.7. The van der Waals surface area contributed by atoms with Gasteiger partial charge >= 0.3 is 0 Å². The van der Waals surface area contributed by atoms with Gasteiger partial charge in [-0.2, -0.15) is 0 Å². The zero-order valence-corrected chi connectivity index (χ0v) is 13.8. The predicted molar refractivity (Wildman–Crippen MR) is 87.9 cm³/mol. The summed E-state index contributed by atoms with van der Waals surface area (Å²) in [5.74, 6) is 2.04. The van der Waals surface area contributed by atoms with Crippen molar-refractivity contribution in [3.8, 4) is 0 Å². The van der Waals surface area contributed by atoms with E-state index in [1.165, 1.54) is 7.11 Å². The van der Waals surface area contributed by atoms with Crippen molar-refractivity contribution in [1.82, 2.24) is 24.8 Å². The molecule has 8 nitrogen and oxygen atoms in total. The van der Waals surface area contributed by atoms with Gasteiger partial charge in [0.2, 0.25) is 11.9 Å². The molecule has 1 atom stereocenters. The number of likely N-dealkylation sites (tertiary alicyclic amines) is 1. The van der Waals surface area contributed by atoms with E-state index in [0.717, 1.165) is 18.7 Å². The minimum absolute atomic E-state index is 0.0156. The molecule has 1 aliphatic heterocycles. The highest BCUT2D eigenvalue weighted by Crippen LogP contribution is 2.27. The molecule has 0 aliphatic carbocycles. The number of methoxy groups -OCH3 is 1. The number of hydrogen-bond donors (Lipinski definition) is 1. The number of nitrogens with one attached hydrogen (secondary N) is 1. The number of nitrogens with zero attached hydrogens (tertiary/aromatic N) is 5. The monoisotopic (exact) mass is 328 g/mol. The van der Waals surface area contributed by atoms with E-state index in [4.69, 9.17) is 4.74 Å². The third-order valence-electron chi connectivity index (χ3n) is 3.89. The van der Waals surface area contributed by atoms with Gasteiger partial charge in [-0.1, -0.05) is 0 Å². The summed E-state index contributed by atoms with van der Waals surface area (Å²) in [5, 5.41) is 3.09. The average molecular weight is 328 g/mol. The zero-order chi connectivity index (χ0) is 16.9. The van der Waals surface area contributed by atoms with Crippen LogP contribution in [-0.4, -0.2) is 57.5 Å². The number of ether oxygens (including phenoxy) is 1. The molecule has 2 aromatic rings. The normalized spacial score (nSPS) is 17.1. The molecule has 126 valence electrons. The third-order valence-corrected chi connectivity index (χ3v) is 3.89. The molecule has 0 saturated carbocycles. The molecule has 1 N–H and O–H groups in total. The van der Waals surface area contributed by atoms with Gasteiger partial charge in [0.25, 0.3) is 0 Å². The lowest BCUT2D eigenvalue weighted by molar-refractivity contribution is -0.134. The molecule has 3 heterocycles. The molecule has 0 aromatic carbocycles. The van der Waals surface area contributed by atoms with Gasteiger partial charge in [0.15, 0.2) is 0 Å². The Hall–Kier alpha value is -2.61. The molecular formula is C16H20N6O2. The Kier molecular flexibility index (Phi) is 4.95. The lowest BCUT2D eigenvalue weighted by atomic mass is 10.0. The molecule has 1 amide bonds. The molecule has 1 saturated heterocycles. The number of amides is 1. The van der Waals surface area contributed by atoms with Crippen LogP contribution in [0, 0.1) is 6.92 Å². The van der Waals surface area contributed by atoms with E-state index < -0.39 is 0 Å². The lowest BCUT2D eigenvalue weighted by Gasteiger charge is -2.16. The smallest absolute Gasteiger partial charge is 0.248 e. The molecule has 24 heavy (non-hydrogen) atoms. The first-order valence-electron chi connectivity index (χ1n) is 7.82. The first-order valence-corrected chi connectivity index (χ1v) is 7.82. The minimum Gasteiger partial charge on any atom is -0.375 e. The first kappa shape index (κ1) is 16.3. The summed E-state index contributed by atoms with van der Waals surface area (Å²) in [5.41, 5.74) is 0.925.